The van der Waals surface area contributed by atoms with Gasteiger partial charge < -0.3 is 36.6 Å². The van der Waals surface area contributed by atoms with Crippen LogP contribution >= 0.6 is 11.8 Å². The summed E-state index contributed by atoms with van der Waals surface area (Å²) in [6, 6.07) is -4.85. The first-order chi connectivity index (χ1) is 14.1. The lowest BCUT2D eigenvalue weighted by atomic mass is 10.1. The Hall–Kier alpha value is -2.38. The number of nitrogens with two attached hydrogens (primary N) is 1. The smallest absolute Gasteiger partial charge is 0.326 e. The van der Waals surface area contributed by atoms with Crippen LogP contribution in [0.5, 0.6) is 0 Å². The van der Waals surface area contributed by atoms with Crippen molar-refractivity contribution >= 4 is 41.4 Å². The third kappa shape index (κ3) is 7.46. The van der Waals surface area contributed by atoms with E-state index in [9.17, 15) is 29.1 Å². The molecule has 1 saturated heterocycles. The number of nitrogens with one attached hydrogen (secondary N) is 2. The zero-order chi connectivity index (χ0) is 22.8. The second kappa shape index (κ2) is 12.3. The molecule has 0 aromatic carbocycles. The van der Waals surface area contributed by atoms with E-state index in [1.807, 2.05) is 11.6 Å². The average molecular weight is 448 g/mol. The highest BCUT2D eigenvalue weighted by Gasteiger charge is 2.37. The number of carbonyl (C=O) groups excluding carboxylic acids is 3. The van der Waals surface area contributed by atoms with Gasteiger partial charge in [-0.2, -0.15) is 11.8 Å². The van der Waals surface area contributed by atoms with E-state index in [1.165, 1.54) is 4.90 Å². The first kappa shape index (κ1) is 25.7. The van der Waals surface area contributed by atoms with Crippen molar-refractivity contribution in [2.45, 2.75) is 49.9 Å². The zero-order valence-electron chi connectivity index (χ0n) is 16.6. The number of hydrogen-bond donors (Lipinski definition) is 6. The number of likely N-dealkylation sites (tertiary alicyclic amines) is 1. The summed E-state index contributed by atoms with van der Waals surface area (Å²) in [7, 11) is 0. The number of rotatable bonds is 12. The molecule has 0 aromatic heterocycles. The topological polar surface area (TPSA) is 199 Å². The fourth-order valence-electron chi connectivity index (χ4n) is 2.99. The maximum atomic E-state index is 12.6. The molecule has 1 heterocycles. The minimum absolute atomic E-state index is 0.333. The van der Waals surface area contributed by atoms with Gasteiger partial charge in [0.1, 0.15) is 18.1 Å². The van der Waals surface area contributed by atoms with Gasteiger partial charge in [-0.15, -0.1) is 0 Å². The minimum atomic E-state index is -1.72. The molecule has 1 rings (SSSR count). The van der Waals surface area contributed by atoms with Crippen molar-refractivity contribution in [1.82, 2.24) is 15.5 Å². The van der Waals surface area contributed by atoms with Crippen molar-refractivity contribution < 1.29 is 39.3 Å². The first-order valence-electron chi connectivity index (χ1n) is 9.33. The molecule has 0 radical (unpaired) electrons. The van der Waals surface area contributed by atoms with Crippen LogP contribution in [0.4, 0.5) is 0 Å². The molecule has 7 N–H and O–H groups in total. The van der Waals surface area contributed by atoms with Crippen molar-refractivity contribution in [3.05, 3.63) is 0 Å². The molecule has 0 spiro atoms. The van der Waals surface area contributed by atoms with E-state index in [1.54, 1.807) is 11.8 Å². The van der Waals surface area contributed by atoms with Gasteiger partial charge in [0.05, 0.1) is 19.1 Å². The van der Waals surface area contributed by atoms with Gasteiger partial charge >= 0.3 is 11.9 Å². The molecule has 4 unspecified atom stereocenters. The lowest BCUT2D eigenvalue weighted by molar-refractivity contribution is -0.147. The quantitative estimate of drug-likeness (QED) is 0.187. The molecule has 30 heavy (non-hydrogen) atoms. The van der Waals surface area contributed by atoms with Gasteiger partial charge in [-0.1, -0.05) is 0 Å². The predicted molar refractivity (Wildman–Crippen MR) is 107 cm³/mol. The Bertz CT molecular complexity index is 662. The number of aliphatic hydroxyl groups is 1. The van der Waals surface area contributed by atoms with Gasteiger partial charge in [-0.05, 0) is 31.3 Å². The normalized spacial score (nSPS) is 18.9. The summed E-state index contributed by atoms with van der Waals surface area (Å²) < 4.78 is 0. The Morgan fingerprint density at radius 1 is 1.17 bits per heavy atom. The van der Waals surface area contributed by atoms with Gasteiger partial charge in [0.2, 0.25) is 17.7 Å². The number of carboxylic acid groups (broad SMARTS) is 2. The Morgan fingerprint density at radius 3 is 2.37 bits per heavy atom. The highest BCUT2D eigenvalue weighted by Crippen LogP contribution is 2.19. The lowest BCUT2D eigenvalue weighted by Crippen LogP contribution is -2.57. The fraction of sp³-hybridized carbons (Fsp3) is 0.706. The molecule has 3 amide bonds. The van der Waals surface area contributed by atoms with Crippen molar-refractivity contribution in [1.29, 1.82) is 0 Å². The van der Waals surface area contributed by atoms with E-state index in [4.69, 9.17) is 15.9 Å². The summed E-state index contributed by atoms with van der Waals surface area (Å²) in [5.74, 6) is -4.43. The molecule has 0 aromatic rings. The number of aliphatic hydroxyl groups excluding tert-OH is 1. The Labute approximate surface area is 177 Å². The van der Waals surface area contributed by atoms with Crippen LogP contribution in [0.25, 0.3) is 0 Å². The van der Waals surface area contributed by atoms with Crippen LogP contribution in [-0.2, 0) is 24.0 Å². The van der Waals surface area contributed by atoms with Gasteiger partial charge in [-0.25, -0.2) is 4.79 Å². The Balaban J connectivity index is 2.76. The molecule has 13 heteroatoms. The number of hydrogen-bond acceptors (Lipinski definition) is 8. The maximum absolute atomic E-state index is 12.6. The van der Waals surface area contributed by atoms with Crippen molar-refractivity contribution in [2.75, 3.05) is 25.2 Å². The molecule has 12 nitrogen and oxygen atoms in total. The number of aliphatic carboxylic acids is 2. The van der Waals surface area contributed by atoms with Crippen LogP contribution in [0.3, 0.4) is 0 Å². The number of carbonyl (C=O) groups is 5. The van der Waals surface area contributed by atoms with Crippen LogP contribution in [0.2, 0.25) is 0 Å². The third-order valence-corrected chi connectivity index (χ3v) is 5.24. The average Bonchev–Trinajstić information content (AvgIpc) is 3.18. The largest absolute Gasteiger partial charge is 0.481 e. The first-order valence-corrected chi connectivity index (χ1v) is 10.7. The van der Waals surface area contributed by atoms with E-state index < -0.39 is 60.9 Å². The van der Waals surface area contributed by atoms with E-state index in [2.05, 4.69) is 5.32 Å². The Kier molecular flexibility index (Phi) is 10.6. The molecule has 1 aliphatic heterocycles. The predicted octanol–water partition coefficient (Wildman–Crippen LogP) is -2.42. The number of amides is 3. The molecule has 1 fully saturated rings. The van der Waals surface area contributed by atoms with Gasteiger partial charge in [0.15, 0.2) is 0 Å². The van der Waals surface area contributed by atoms with Crippen LogP contribution in [0, 0.1) is 0 Å². The number of nitrogens with zero attached hydrogens (tertiary/aromatic N) is 1. The molecule has 1 aliphatic rings. The van der Waals surface area contributed by atoms with E-state index in [-0.39, 0.29) is 5.91 Å². The van der Waals surface area contributed by atoms with Crippen LogP contribution in [0.15, 0.2) is 0 Å². The van der Waals surface area contributed by atoms with E-state index in [0.717, 1.165) is 0 Å². The van der Waals surface area contributed by atoms with Crippen molar-refractivity contribution in [3.63, 3.8) is 0 Å². The Morgan fingerprint density at radius 2 is 1.83 bits per heavy atom. The zero-order valence-corrected chi connectivity index (χ0v) is 17.4. The number of thioether (sulfide) groups is 1. The molecule has 0 aliphatic carbocycles. The molecular formula is C17H28N4O8S. The van der Waals surface area contributed by atoms with Gasteiger partial charge in [-0.3, -0.25) is 19.2 Å². The van der Waals surface area contributed by atoms with Gasteiger partial charge in [0.25, 0.3) is 0 Å². The molecule has 0 bridgehead atoms. The molecular weight excluding hydrogens is 420 g/mol. The van der Waals surface area contributed by atoms with E-state index >= 15 is 0 Å². The molecule has 4 atom stereocenters. The number of carboxylic acids is 2. The highest BCUT2D eigenvalue weighted by atomic mass is 32.2. The maximum Gasteiger partial charge on any atom is 0.326 e. The standard InChI is InChI=1S/C17H28N4O8S/c1-30-6-4-9(18)16(27)21-5-2-3-12(21)15(26)20-11(8-22)14(25)19-10(17(28)29)7-13(23)24/h9-12,22H,2-8,18H2,1H3,(H,19,25)(H,20,26)(H,23,24)(H,28,29). The van der Waals surface area contributed by atoms with Gasteiger partial charge in [0, 0.05) is 6.54 Å². The SMILES string of the molecule is CSCCC(N)C(=O)N1CCCC1C(=O)NC(CO)C(=O)NC(CC(=O)O)C(=O)O. The highest BCUT2D eigenvalue weighted by molar-refractivity contribution is 7.98. The van der Waals surface area contributed by atoms with Crippen LogP contribution < -0.4 is 16.4 Å². The van der Waals surface area contributed by atoms with Crippen molar-refractivity contribution in [2.24, 2.45) is 5.73 Å². The van der Waals surface area contributed by atoms with Crippen LogP contribution in [-0.4, -0.2) is 99.2 Å². The van der Waals surface area contributed by atoms with Crippen molar-refractivity contribution in [3.8, 4) is 0 Å². The second-order valence-corrected chi connectivity index (χ2v) is 7.80. The third-order valence-electron chi connectivity index (χ3n) is 4.60. The molecule has 170 valence electrons. The minimum Gasteiger partial charge on any atom is -0.481 e. The summed E-state index contributed by atoms with van der Waals surface area (Å²) in [4.78, 5) is 60.5. The lowest BCUT2D eigenvalue weighted by Gasteiger charge is -2.28. The van der Waals surface area contributed by atoms with Crippen LogP contribution in [0.1, 0.15) is 25.7 Å². The summed E-state index contributed by atoms with van der Waals surface area (Å²) in [6.07, 6.45) is 2.38. The summed E-state index contributed by atoms with van der Waals surface area (Å²) in [5.41, 5.74) is 5.90. The summed E-state index contributed by atoms with van der Waals surface area (Å²) >= 11 is 1.54. The van der Waals surface area contributed by atoms with E-state index in [0.29, 0.717) is 31.6 Å². The monoisotopic (exact) mass is 448 g/mol. The summed E-state index contributed by atoms with van der Waals surface area (Å²) in [5, 5.41) is 31.4. The molecule has 0 saturated carbocycles. The second-order valence-electron chi connectivity index (χ2n) is 6.82. The summed E-state index contributed by atoms with van der Waals surface area (Å²) in [6.45, 7) is -0.509. The fourth-order valence-corrected chi connectivity index (χ4v) is 3.48.